The minimum absolute atomic E-state index is 0.0447. The number of alkyl carbamates (subject to hydrolysis) is 1. The Morgan fingerprint density at radius 2 is 1.59 bits per heavy atom. The molecule has 0 aliphatic heterocycles. The van der Waals surface area contributed by atoms with Crippen LogP contribution in [0, 0.1) is 16.0 Å². The highest BCUT2D eigenvalue weighted by molar-refractivity contribution is 6.04. The van der Waals surface area contributed by atoms with Gasteiger partial charge in [0.05, 0.1) is 4.92 Å². The molecular formula is C30H40N6O10. The zero-order chi connectivity index (χ0) is 34.6. The van der Waals surface area contributed by atoms with Crippen molar-refractivity contribution in [3.05, 3.63) is 64.2 Å². The van der Waals surface area contributed by atoms with Crippen molar-refractivity contribution in [2.75, 3.05) is 11.4 Å². The number of ether oxygens (including phenoxy) is 3. The van der Waals surface area contributed by atoms with Crippen LogP contribution in [0.4, 0.5) is 25.8 Å². The molecule has 0 radical (unpaired) electrons. The Labute approximate surface area is 265 Å². The lowest BCUT2D eigenvalue weighted by atomic mass is 9.99. The number of nitrogens with two attached hydrogens (primary N) is 2. The lowest BCUT2D eigenvalue weighted by Crippen LogP contribution is -2.57. The number of primary amides is 2. The molecule has 0 bridgehead atoms. The Hall–Kier alpha value is -5.41. The van der Waals surface area contributed by atoms with Crippen LogP contribution < -0.4 is 31.7 Å². The normalized spacial score (nSPS) is 12.3. The maximum absolute atomic E-state index is 14.0. The summed E-state index contributed by atoms with van der Waals surface area (Å²) in [5, 5.41) is 15.8. The van der Waals surface area contributed by atoms with E-state index in [4.69, 9.17) is 25.7 Å². The van der Waals surface area contributed by atoms with E-state index in [0.29, 0.717) is 5.56 Å². The second kappa shape index (κ2) is 16.6. The van der Waals surface area contributed by atoms with E-state index in [1.165, 1.54) is 41.3 Å². The summed E-state index contributed by atoms with van der Waals surface area (Å²) in [6, 6.07) is 7.94. The monoisotopic (exact) mass is 644 g/mol. The summed E-state index contributed by atoms with van der Waals surface area (Å²) in [6.07, 6.45) is -1.58. The predicted molar refractivity (Wildman–Crippen MR) is 166 cm³/mol. The number of benzene rings is 2. The van der Waals surface area contributed by atoms with E-state index >= 15 is 0 Å². The summed E-state index contributed by atoms with van der Waals surface area (Å²) < 4.78 is 15.5. The third kappa shape index (κ3) is 11.9. The van der Waals surface area contributed by atoms with Gasteiger partial charge in [0.1, 0.15) is 30.0 Å². The van der Waals surface area contributed by atoms with Crippen molar-refractivity contribution in [1.29, 1.82) is 0 Å². The average Bonchev–Trinajstić information content (AvgIpc) is 2.95. The first-order valence-electron chi connectivity index (χ1n) is 14.3. The van der Waals surface area contributed by atoms with Crippen LogP contribution in [-0.4, -0.2) is 59.2 Å². The first-order valence-corrected chi connectivity index (χ1v) is 14.3. The van der Waals surface area contributed by atoms with Gasteiger partial charge in [0, 0.05) is 24.4 Å². The van der Waals surface area contributed by atoms with E-state index in [0.717, 1.165) is 0 Å². The van der Waals surface area contributed by atoms with Crippen molar-refractivity contribution in [1.82, 2.24) is 10.6 Å². The Morgan fingerprint density at radius 3 is 2.09 bits per heavy atom. The number of amides is 5. The second-order valence-corrected chi connectivity index (χ2v) is 11.5. The molecule has 0 saturated heterocycles. The molecule has 16 heteroatoms. The number of carbonyl (C=O) groups is 5. The van der Waals surface area contributed by atoms with Gasteiger partial charge in [0.25, 0.3) is 11.6 Å². The molecule has 6 N–H and O–H groups in total. The van der Waals surface area contributed by atoms with Gasteiger partial charge < -0.3 is 36.3 Å². The summed E-state index contributed by atoms with van der Waals surface area (Å²) >= 11 is 0. The fourth-order valence-electron chi connectivity index (χ4n) is 4.12. The number of nitro groups is 1. The largest absolute Gasteiger partial charge is 0.514 e. The van der Waals surface area contributed by atoms with Gasteiger partial charge >= 0.3 is 18.3 Å². The molecular weight excluding hydrogens is 604 g/mol. The van der Waals surface area contributed by atoms with Crippen LogP contribution in [0.3, 0.4) is 0 Å². The number of hydrogen-bond acceptors (Lipinski definition) is 10. The number of hydrogen-bond donors (Lipinski definition) is 4. The molecule has 16 nitrogen and oxygen atoms in total. The second-order valence-electron chi connectivity index (χ2n) is 11.5. The quantitative estimate of drug-likeness (QED) is 0.0767. The minimum Gasteiger partial charge on any atom is -0.444 e. The fraction of sp³-hybridized carbons (Fsp3) is 0.433. The number of nitro benzene ring substituents is 1. The SMILES string of the molecule is CC(C)[C@H](NC(=O)OC(C)(C)C)C(=O)N(c1ccc(COC(=O)Oc2ccc([N+](=O)[O-])cc2)cc1)[C@@H](CCCNC(N)=O)C(N)=O. The van der Waals surface area contributed by atoms with Gasteiger partial charge in [-0.15, -0.1) is 0 Å². The highest BCUT2D eigenvalue weighted by Gasteiger charge is 2.36. The Balaban J connectivity index is 2.29. The summed E-state index contributed by atoms with van der Waals surface area (Å²) in [5.41, 5.74) is 10.6. The van der Waals surface area contributed by atoms with Gasteiger partial charge in [-0.3, -0.25) is 24.6 Å². The van der Waals surface area contributed by atoms with Crippen LogP contribution >= 0.6 is 0 Å². The van der Waals surface area contributed by atoms with Crippen LogP contribution in [0.25, 0.3) is 0 Å². The van der Waals surface area contributed by atoms with Gasteiger partial charge in [-0.25, -0.2) is 14.4 Å². The molecule has 0 fully saturated rings. The number of urea groups is 1. The van der Waals surface area contributed by atoms with Gasteiger partial charge in [-0.1, -0.05) is 26.0 Å². The third-order valence-corrected chi connectivity index (χ3v) is 6.26. The van der Waals surface area contributed by atoms with Crippen LogP contribution in [0.5, 0.6) is 5.75 Å². The molecule has 2 atom stereocenters. The summed E-state index contributed by atoms with van der Waals surface area (Å²) in [4.78, 5) is 74.0. The highest BCUT2D eigenvalue weighted by atomic mass is 16.7. The Morgan fingerprint density at radius 1 is 0.978 bits per heavy atom. The molecule has 0 aliphatic rings. The fourth-order valence-corrected chi connectivity index (χ4v) is 4.12. The van der Waals surface area contributed by atoms with Crippen LogP contribution in [0.1, 0.15) is 53.0 Å². The molecule has 2 aromatic rings. The van der Waals surface area contributed by atoms with E-state index in [9.17, 15) is 34.1 Å². The number of carbonyl (C=O) groups excluding carboxylic acids is 5. The van der Waals surface area contributed by atoms with Gasteiger partial charge in [0.15, 0.2) is 0 Å². The van der Waals surface area contributed by atoms with Crippen LogP contribution in [-0.2, 0) is 25.7 Å². The molecule has 46 heavy (non-hydrogen) atoms. The Bertz CT molecular complexity index is 1390. The maximum Gasteiger partial charge on any atom is 0.514 e. The highest BCUT2D eigenvalue weighted by Crippen LogP contribution is 2.24. The lowest BCUT2D eigenvalue weighted by molar-refractivity contribution is -0.384. The van der Waals surface area contributed by atoms with Crippen molar-refractivity contribution >= 4 is 41.5 Å². The molecule has 0 unspecified atom stereocenters. The summed E-state index contributed by atoms with van der Waals surface area (Å²) in [5.74, 6) is -1.85. The molecule has 2 aromatic carbocycles. The smallest absolute Gasteiger partial charge is 0.444 e. The zero-order valence-corrected chi connectivity index (χ0v) is 26.3. The molecule has 0 saturated carbocycles. The minimum atomic E-state index is -1.18. The Kier molecular flexibility index (Phi) is 13.3. The van der Waals surface area contributed by atoms with Crippen LogP contribution in [0.2, 0.25) is 0 Å². The van der Waals surface area contributed by atoms with E-state index in [1.54, 1.807) is 46.8 Å². The van der Waals surface area contributed by atoms with Crippen molar-refractivity contribution in [3.8, 4) is 5.75 Å². The number of nitrogens with zero attached hydrogens (tertiary/aromatic N) is 2. The van der Waals surface area contributed by atoms with E-state index in [1.807, 2.05) is 0 Å². The van der Waals surface area contributed by atoms with Crippen molar-refractivity contribution in [2.24, 2.45) is 17.4 Å². The van der Waals surface area contributed by atoms with Gasteiger partial charge in [-0.05, 0) is 69.4 Å². The molecule has 250 valence electrons. The van der Waals surface area contributed by atoms with Crippen LogP contribution in [0.15, 0.2) is 48.5 Å². The van der Waals surface area contributed by atoms with Crippen molar-refractivity contribution in [2.45, 2.75) is 71.8 Å². The third-order valence-electron chi connectivity index (χ3n) is 6.26. The van der Waals surface area contributed by atoms with Gasteiger partial charge in [-0.2, -0.15) is 0 Å². The summed E-state index contributed by atoms with van der Waals surface area (Å²) in [6.45, 7) is 8.34. The van der Waals surface area contributed by atoms with E-state index < -0.39 is 58.6 Å². The molecule has 0 aliphatic carbocycles. The standard InChI is InChI=1S/C30H40N6O10/c1-18(2)24(34-28(40)46-30(3,4)5)26(38)35(23(25(31)37)7-6-16-33-27(32)39)20-10-8-19(9-11-20)17-44-29(41)45-22-14-12-21(13-15-22)36(42)43/h8-15,18,23-24H,6-7,16-17H2,1-5H3,(H2,31,37)(H,34,40)(H3,32,33,39)/t23-,24-/m0/s1. The molecule has 5 amide bonds. The topological polar surface area (TPSA) is 236 Å². The lowest BCUT2D eigenvalue weighted by Gasteiger charge is -2.35. The molecule has 0 spiro atoms. The first-order chi connectivity index (χ1) is 21.5. The van der Waals surface area contributed by atoms with Crippen molar-refractivity contribution in [3.63, 3.8) is 0 Å². The van der Waals surface area contributed by atoms with E-state index in [-0.39, 0.29) is 43.1 Å². The van der Waals surface area contributed by atoms with Gasteiger partial charge in [0.2, 0.25) is 5.91 Å². The van der Waals surface area contributed by atoms with Crippen molar-refractivity contribution < 1.29 is 43.1 Å². The average molecular weight is 645 g/mol. The number of rotatable bonds is 14. The zero-order valence-electron chi connectivity index (χ0n) is 26.3. The number of anilines is 1. The molecule has 2 rings (SSSR count). The molecule has 0 heterocycles. The predicted octanol–water partition coefficient (Wildman–Crippen LogP) is 3.50. The number of non-ortho nitro benzene ring substituents is 1. The summed E-state index contributed by atoms with van der Waals surface area (Å²) in [7, 11) is 0. The number of nitrogens with one attached hydrogen (secondary N) is 2. The first kappa shape index (κ1) is 36.8. The molecule has 0 aromatic heterocycles. The van der Waals surface area contributed by atoms with E-state index in [2.05, 4.69) is 10.6 Å². The maximum atomic E-state index is 14.0.